The van der Waals surface area contributed by atoms with Gasteiger partial charge in [0.2, 0.25) is 0 Å². The van der Waals surface area contributed by atoms with Crippen molar-refractivity contribution < 1.29 is 4.74 Å². The maximum Gasteiger partial charge on any atom is 0.122 e. The average Bonchev–Trinajstić information content (AvgIpc) is 2.47. The lowest BCUT2D eigenvalue weighted by molar-refractivity contribution is 0.302. The lowest BCUT2D eigenvalue weighted by Crippen LogP contribution is -2.10. The molecule has 0 heterocycles. The summed E-state index contributed by atoms with van der Waals surface area (Å²) in [5.74, 6) is 0.906. The quantitative estimate of drug-likeness (QED) is 0.453. The Balaban J connectivity index is 2.18. The van der Waals surface area contributed by atoms with Gasteiger partial charge in [-0.15, -0.1) is 0 Å². The van der Waals surface area contributed by atoms with E-state index in [0.717, 1.165) is 29.9 Å². The molecule has 0 atom stereocenters. The van der Waals surface area contributed by atoms with Crippen molar-refractivity contribution in [2.45, 2.75) is 65.2 Å². The van der Waals surface area contributed by atoms with Crippen molar-refractivity contribution in [3.05, 3.63) is 29.3 Å². The Bertz CT molecular complexity index is 431. The van der Waals surface area contributed by atoms with Crippen molar-refractivity contribution in [1.29, 1.82) is 0 Å². The maximum absolute atomic E-state index is 5.86. The second kappa shape index (κ2) is 10.6. The molecule has 0 saturated carbocycles. The summed E-state index contributed by atoms with van der Waals surface area (Å²) in [5.41, 5.74) is 7.66. The Hall–Kier alpha value is -1.09. The van der Waals surface area contributed by atoms with Crippen LogP contribution in [0, 0.1) is 6.92 Å². The first-order valence-corrected chi connectivity index (χ1v) is 8.59. The van der Waals surface area contributed by atoms with Crippen LogP contribution in [0.3, 0.4) is 0 Å². The van der Waals surface area contributed by atoms with Crippen LogP contribution in [-0.4, -0.2) is 11.6 Å². The molecule has 1 rings (SSSR count). The number of benzene rings is 1. The van der Waals surface area contributed by atoms with E-state index >= 15 is 0 Å². The van der Waals surface area contributed by atoms with Gasteiger partial charge in [0.05, 0.1) is 6.61 Å². The van der Waals surface area contributed by atoms with Gasteiger partial charge in [0.1, 0.15) is 10.7 Å². The van der Waals surface area contributed by atoms with Gasteiger partial charge in [-0.25, -0.2) is 0 Å². The molecule has 3 heteroatoms. The molecule has 0 amide bonds. The molecule has 118 valence electrons. The zero-order valence-corrected chi connectivity index (χ0v) is 14.3. The van der Waals surface area contributed by atoms with E-state index in [4.69, 9.17) is 22.7 Å². The van der Waals surface area contributed by atoms with Gasteiger partial charge in [-0.1, -0.05) is 76.2 Å². The molecule has 2 nitrogen and oxygen atoms in total. The lowest BCUT2D eigenvalue weighted by Gasteiger charge is -2.10. The first kappa shape index (κ1) is 18.0. The van der Waals surface area contributed by atoms with E-state index in [1.165, 1.54) is 44.9 Å². The third-order valence-electron chi connectivity index (χ3n) is 3.73. The fraction of sp³-hybridized carbons (Fsp3) is 0.611. The first-order chi connectivity index (χ1) is 10.1. The largest absolute Gasteiger partial charge is 0.493 e. The van der Waals surface area contributed by atoms with Gasteiger partial charge in [-0.05, 0) is 25.0 Å². The first-order valence-electron chi connectivity index (χ1n) is 8.18. The zero-order chi connectivity index (χ0) is 15.5. The van der Waals surface area contributed by atoms with Crippen molar-refractivity contribution in [2.75, 3.05) is 6.61 Å². The Kier molecular flexibility index (Phi) is 9.07. The van der Waals surface area contributed by atoms with Gasteiger partial charge in [0.25, 0.3) is 0 Å². The van der Waals surface area contributed by atoms with E-state index < -0.39 is 0 Å². The smallest absolute Gasteiger partial charge is 0.122 e. The number of thiocarbonyl (C=S) groups is 1. The number of nitrogens with two attached hydrogens (primary N) is 1. The maximum atomic E-state index is 5.86. The SMILES string of the molecule is CCCCCCCCCCOc1cc(C(N)=S)ccc1C. The van der Waals surface area contributed by atoms with E-state index in [9.17, 15) is 0 Å². The molecule has 0 bridgehead atoms. The third-order valence-corrected chi connectivity index (χ3v) is 3.96. The predicted octanol–water partition coefficient (Wildman–Crippen LogP) is 5.15. The fourth-order valence-corrected chi connectivity index (χ4v) is 2.45. The lowest BCUT2D eigenvalue weighted by atomic mass is 10.1. The minimum absolute atomic E-state index is 0.423. The standard InChI is InChI=1S/C18H29NOS/c1-3-4-5-6-7-8-9-10-13-20-17-14-16(18(19)21)12-11-15(17)2/h11-12,14H,3-10,13H2,1-2H3,(H2,19,21). The van der Waals surface area contributed by atoms with Crippen LogP contribution in [0.4, 0.5) is 0 Å². The minimum atomic E-state index is 0.423. The summed E-state index contributed by atoms with van der Waals surface area (Å²) in [7, 11) is 0. The highest BCUT2D eigenvalue weighted by molar-refractivity contribution is 7.80. The summed E-state index contributed by atoms with van der Waals surface area (Å²) in [5, 5.41) is 0. The fourth-order valence-electron chi connectivity index (χ4n) is 2.33. The summed E-state index contributed by atoms with van der Waals surface area (Å²) in [6.07, 6.45) is 10.5. The molecule has 0 aliphatic heterocycles. The van der Waals surface area contributed by atoms with Crippen LogP contribution in [0.15, 0.2) is 18.2 Å². The Morgan fingerprint density at radius 3 is 2.29 bits per heavy atom. The Morgan fingerprint density at radius 1 is 1.05 bits per heavy atom. The van der Waals surface area contributed by atoms with Crippen molar-refractivity contribution in [1.82, 2.24) is 0 Å². The van der Waals surface area contributed by atoms with Crippen molar-refractivity contribution in [3.63, 3.8) is 0 Å². The second-order valence-corrected chi connectivity index (χ2v) is 6.11. The third kappa shape index (κ3) is 7.47. The molecule has 0 aliphatic carbocycles. The van der Waals surface area contributed by atoms with Crippen LogP contribution in [-0.2, 0) is 0 Å². The number of unbranched alkanes of at least 4 members (excludes halogenated alkanes) is 7. The van der Waals surface area contributed by atoms with Crippen molar-refractivity contribution in [2.24, 2.45) is 5.73 Å². The van der Waals surface area contributed by atoms with Gasteiger partial charge in [0, 0.05) is 5.56 Å². The summed E-state index contributed by atoms with van der Waals surface area (Å²) in [6, 6.07) is 5.90. The molecular weight excluding hydrogens is 278 g/mol. The van der Waals surface area contributed by atoms with E-state index in [2.05, 4.69) is 6.92 Å². The van der Waals surface area contributed by atoms with Gasteiger partial charge in [-0.3, -0.25) is 0 Å². The van der Waals surface area contributed by atoms with Crippen molar-refractivity contribution >= 4 is 17.2 Å². The molecule has 0 radical (unpaired) electrons. The van der Waals surface area contributed by atoms with Gasteiger partial charge >= 0.3 is 0 Å². The normalized spacial score (nSPS) is 10.6. The number of rotatable bonds is 11. The van der Waals surface area contributed by atoms with E-state index in [-0.39, 0.29) is 0 Å². The molecule has 0 saturated heterocycles. The van der Waals surface area contributed by atoms with Gasteiger partial charge in [-0.2, -0.15) is 0 Å². The van der Waals surface area contributed by atoms with Crippen LogP contribution < -0.4 is 10.5 Å². The molecule has 1 aromatic carbocycles. The molecule has 0 aliphatic rings. The summed E-state index contributed by atoms with van der Waals surface area (Å²) in [4.78, 5) is 0.423. The molecule has 1 aromatic rings. The number of ether oxygens (including phenoxy) is 1. The zero-order valence-electron chi connectivity index (χ0n) is 13.5. The molecular formula is C18H29NOS. The Labute approximate surface area is 135 Å². The Morgan fingerprint density at radius 2 is 1.67 bits per heavy atom. The molecule has 0 spiro atoms. The summed E-state index contributed by atoms with van der Waals surface area (Å²) < 4.78 is 5.86. The topological polar surface area (TPSA) is 35.2 Å². The monoisotopic (exact) mass is 307 g/mol. The molecule has 21 heavy (non-hydrogen) atoms. The van der Waals surface area contributed by atoms with Gasteiger partial charge in [0.15, 0.2) is 0 Å². The number of hydrogen-bond acceptors (Lipinski definition) is 2. The van der Waals surface area contributed by atoms with Gasteiger partial charge < -0.3 is 10.5 Å². The predicted molar refractivity (Wildman–Crippen MR) is 95.2 cm³/mol. The average molecular weight is 308 g/mol. The summed E-state index contributed by atoms with van der Waals surface area (Å²) >= 11 is 5.00. The second-order valence-electron chi connectivity index (χ2n) is 5.67. The molecule has 0 fully saturated rings. The minimum Gasteiger partial charge on any atom is -0.493 e. The van der Waals surface area contributed by atoms with Crippen LogP contribution >= 0.6 is 12.2 Å². The number of hydrogen-bond donors (Lipinski definition) is 1. The van der Waals surface area contributed by atoms with Crippen LogP contribution in [0.25, 0.3) is 0 Å². The van der Waals surface area contributed by atoms with Crippen molar-refractivity contribution in [3.8, 4) is 5.75 Å². The summed E-state index contributed by atoms with van der Waals surface area (Å²) in [6.45, 7) is 5.08. The van der Waals surface area contributed by atoms with E-state index in [0.29, 0.717) is 4.99 Å². The molecule has 0 aromatic heterocycles. The van der Waals surface area contributed by atoms with Crippen LogP contribution in [0.2, 0.25) is 0 Å². The van der Waals surface area contributed by atoms with E-state index in [1.54, 1.807) is 0 Å². The number of aryl methyl sites for hydroxylation is 1. The highest BCUT2D eigenvalue weighted by Crippen LogP contribution is 2.20. The highest BCUT2D eigenvalue weighted by Gasteiger charge is 2.03. The van der Waals surface area contributed by atoms with Crippen LogP contribution in [0.1, 0.15) is 69.4 Å². The van der Waals surface area contributed by atoms with E-state index in [1.807, 2.05) is 25.1 Å². The van der Waals surface area contributed by atoms with Crippen LogP contribution in [0.5, 0.6) is 5.75 Å². The molecule has 0 unspecified atom stereocenters. The highest BCUT2D eigenvalue weighted by atomic mass is 32.1. The molecule has 2 N–H and O–H groups in total.